The van der Waals surface area contributed by atoms with E-state index in [1.54, 1.807) is 14.2 Å². The minimum Gasteiger partial charge on any atom is -0.493 e. The Bertz CT molecular complexity index is 1340. The molecule has 0 atom stereocenters. The van der Waals surface area contributed by atoms with E-state index in [0.29, 0.717) is 35.9 Å². The first-order valence-corrected chi connectivity index (χ1v) is 11.5. The first-order valence-electron chi connectivity index (χ1n) is 11.5. The highest BCUT2D eigenvalue weighted by Gasteiger charge is 2.29. The Morgan fingerprint density at radius 2 is 1.82 bits per heavy atom. The molecule has 0 bridgehead atoms. The highest BCUT2D eigenvalue weighted by Crippen LogP contribution is 2.40. The maximum absolute atomic E-state index is 13.3. The lowest BCUT2D eigenvalue weighted by Crippen LogP contribution is -2.26. The van der Waals surface area contributed by atoms with Crippen molar-refractivity contribution >= 4 is 16.9 Å². The Hall–Kier alpha value is -3.87. The van der Waals surface area contributed by atoms with Gasteiger partial charge in [0.2, 0.25) is 0 Å². The van der Waals surface area contributed by atoms with E-state index in [1.807, 2.05) is 66.2 Å². The third kappa shape index (κ3) is 4.21. The number of nitrogens with one attached hydrogen (secondary N) is 1. The van der Waals surface area contributed by atoms with Crippen LogP contribution in [0, 0.1) is 6.92 Å². The predicted octanol–water partition coefficient (Wildman–Crippen LogP) is 4.60. The molecule has 0 radical (unpaired) electrons. The van der Waals surface area contributed by atoms with E-state index in [4.69, 9.17) is 19.6 Å². The molecule has 4 aromatic rings. The van der Waals surface area contributed by atoms with Gasteiger partial charge in [0.05, 0.1) is 36.6 Å². The quantitative estimate of drug-likeness (QED) is 0.419. The second kappa shape index (κ2) is 9.17. The van der Waals surface area contributed by atoms with Crippen molar-refractivity contribution in [3.05, 3.63) is 77.1 Å². The van der Waals surface area contributed by atoms with Crippen LogP contribution in [0.2, 0.25) is 0 Å². The lowest BCUT2D eigenvalue weighted by atomic mass is 10.1. The molecule has 0 aliphatic heterocycles. The molecule has 0 saturated heterocycles. The van der Waals surface area contributed by atoms with Crippen LogP contribution in [0.1, 0.15) is 46.1 Å². The summed E-state index contributed by atoms with van der Waals surface area (Å²) in [5.41, 5.74) is 5.12. The van der Waals surface area contributed by atoms with Crippen molar-refractivity contribution in [3.63, 3.8) is 0 Å². The highest BCUT2D eigenvalue weighted by atomic mass is 16.5. The van der Waals surface area contributed by atoms with Gasteiger partial charge >= 0.3 is 0 Å². The summed E-state index contributed by atoms with van der Waals surface area (Å²) in [5, 5.41) is 8.63. The molecule has 1 amide bonds. The first kappa shape index (κ1) is 21.9. The van der Waals surface area contributed by atoms with Gasteiger partial charge in [-0.05, 0) is 62.1 Å². The van der Waals surface area contributed by atoms with Crippen molar-refractivity contribution in [2.75, 3.05) is 20.8 Å². The fourth-order valence-corrected chi connectivity index (χ4v) is 4.28. The molecule has 1 aliphatic rings. The van der Waals surface area contributed by atoms with Crippen molar-refractivity contribution in [2.24, 2.45) is 0 Å². The third-order valence-electron chi connectivity index (χ3n) is 6.22. The summed E-state index contributed by atoms with van der Waals surface area (Å²) in [6.07, 6.45) is 2.90. The molecule has 34 heavy (non-hydrogen) atoms. The second-order valence-corrected chi connectivity index (χ2v) is 8.60. The number of fused-ring (bicyclic) bond motifs is 1. The molecule has 2 aromatic heterocycles. The summed E-state index contributed by atoms with van der Waals surface area (Å²) in [6.45, 7) is 2.43. The first-order chi connectivity index (χ1) is 16.6. The van der Waals surface area contributed by atoms with Crippen molar-refractivity contribution in [1.29, 1.82) is 0 Å². The number of carbonyl (C=O) groups excluding carboxylic acids is 1. The summed E-state index contributed by atoms with van der Waals surface area (Å²) in [4.78, 5) is 18.3. The van der Waals surface area contributed by atoms with E-state index in [0.717, 1.165) is 46.5 Å². The van der Waals surface area contributed by atoms with Crippen molar-refractivity contribution in [1.82, 2.24) is 20.1 Å². The maximum atomic E-state index is 13.3. The number of amides is 1. The van der Waals surface area contributed by atoms with Gasteiger partial charge in [-0.2, -0.15) is 5.10 Å². The molecular formula is C27H28N4O3. The van der Waals surface area contributed by atoms with Gasteiger partial charge in [0.25, 0.3) is 5.91 Å². The molecule has 1 aliphatic carbocycles. The predicted molar refractivity (Wildman–Crippen MR) is 131 cm³/mol. The van der Waals surface area contributed by atoms with Crippen molar-refractivity contribution in [3.8, 4) is 17.2 Å². The van der Waals surface area contributed by atoms with Crippen LogP contribution in [0.5, 0.6) is 11.5 Å². The number of carbonyl (C=O) groups is 1. The minimum atomic E-state index is -0.106. The number of methoxy groups -OCH3 is 2. The van der Waals surface area contributed by atoms with Crippen LogP contribution in [0.4, 0.5) is 0 Å². The molecule has 5 rings (SSSR count). The summed E-state index contributed by atoms with van der Waals surface area (Å²) < 4.78 is 12.5. The number of aryl methyl sites for hydroxylation is 1. The average Bonchev–Trinajstić information content (AvgIpc) is 3.67. The molecule has 174 valence electrons. The molecule has 2 aromatic carbocycles. The molecule has 7 nitrogen and oxygen atoms in total. The fraction of sp³-hybridized carbons (Fsp3) is 0.296. The van der Waals surface area contributed by atoms with Gasteiger partial charge in [0.15, 0.2) is 17.1 Å². The summed E-state index contributed by atoms with van der Waals surface area (Å²) >= 11 is 0. The maximum Gasteiger partial charge on any atom is 0.252 e. The van der Waals surface area contributed by atoms with Gasteiger partial charge < -0.3 is 14.8 Å². The lowest BCUT2D eigenvalue weighted by molar-refractivity contribution is 0.0955. The molecule has 2 heterocycles. The number of hydrogen-bond donors (Lipinski definition) is 1. The Morgan fingerprint density at radius 3 is 2.53 bits per heavy atom. The third-order valence-corrected chi connectivity index (χ3v) is 6.22. The van der Waals surface area contributed by atoms with Crippen LogP contribution in [-0.4, -0.2) is 41.4 Å². The molecule has 0 unspecified atom stereocenters. The van der Waals surface area contributed by atoms with Crippen LogP contribution in [0.3, 0.4) is 0 Å². The number of aromatic nitrogens is 3. The molecule has 1 N–H and O–H groups in total. The second-order valence-electron chi connectivity index (χ2n) is 8.60. The zero-order chi connectivity index (χ0) is 23.7. The molecule has 7 heteroatoms. The Kier molecular flexibility index (Phi) is 5.92. The zero-order valence-corrected chi connectivity index (χ0v) is 19.7. The van der Waals surface area contributed by atoms with Crippen LogP contribution in [0.15, 0.2) is 54.6 Å². The van der Waals surface area contributed by atoms with E-state index >= 15 is 0 Å². The summed E-state index contributed by atoms with van der Waals surface area (Å²) in [5.74, 6) is 1.68. The van der Waals surface area contributed by atoms with E-state index < -0.39 is 0 Å². The van der Waals surface area contributed by atoms with Crippen LogP contribution >= 0.6 is 0 Å². The number of nitrogens with zero attached hydrogens (tertiary/aromatic N) is 3. The van der Waals surface area contributed by atoms with Gasteiger partial charge in [-0.15, -0.1) is 0 Å². The number of para-hydroxylation sites is 1. The molecule has 1 fully saturated rings. The normalized spacial score (nSPS) is 13.1. The Morgan fingerprint density at radius 1 is 1.06 bits per heavy atom. The largest absolute Gasteiger partial charge is 0.493 e. The lowest BCUT2D eigenvalue weighted by Gasteiger charge is -2.11. The topological polar surface area (TPSA) is 78.3 Å². The summed E-state index contributed by atoms with van der Waals surface area (Å²) in [6, 6.07) is 17.7. The van der Waals surface area contributed by atoms with E-state index in [-0.39, 0.29) is 5.91 Å². The van der Waals surface area contributed by atoms with Gasteiger partial charge in [-0.3, -0.25) is 4.79 Å². The monoisotopic (exact) mass is 456 g/mol. The van der Waals surface area contributed by atoms with Crippen molar-refractivity contribution in [2.45, 2.75) is 32.1 Å². The van der Waals surface area contributed by atoms with Crippen LogP contribution in [-0.2, 0) is 6.42 Å². The van der Waals surface area contributed by atoms with Gasteiger partial charge in [0.1, 0.15) is 0 Å². The molecular weight excluding hydrogens is 428 g/mol. The fourth-order valence-electron chi connectivity index (χ4n) is 4.28. The van der Waals surface area contributed by atoms with Crippen molar-refractivity contribution < 1.29 is 14.3 Å². The Labute approximate surface area is 198 Å². The SMILES string of the molecule is COc1ccc(CCNC(=O)c2cc(C3CC3)nc3c2c(C)nn3-c2ccccc2)cc1OC. The summed E-state index contributed by atoms with van der Waals surface area (Å²) in [7, 11) is 3.23. The van der Waals surface area contributed by atoms with Crippen LogP contribution in [0.25, 0.3) is 16.7 Å². The highest BCUT2D eigenvalue weighted by molar-refractivity contribution is 6.06. The van der Waals surface area contributed by atoms with E-state index in [1.165, 1.54) is 0 Å². The number of ether oxygens (including phenoxy) is 2. The van der Waals surface area contributed by atoms with E-state index in [2.05, 4.69) is 5.32 Å². The van der Waals surface area contributed by atoms with Gasteiger partial charge in [-0.25, -0.2) is 9.67 Å². The smallest absolute Gasteiger partial charge is 0.252 e. The van der Waals surface area contributed by atoms with Gasteiger partial charge in [-0.1, -0.05) is 24.3 Å². The molecule has 1 saturated carbocycles. The molecule has 0 spiro atoms. The van der Waals surface area contributed by atoms with Crippen LogP contribution < -0.4 is 14.8 Å². The number of benzene rings is 2. The minimum absolute atomic E-state index is 0.106. The van der Waals surface area contributed by atoms with Gasteiger partial charge in [0, 0.05) is 18.2 Å². The number of hydrogen-bond acceptors (Lipinski definition) is 5. The zero-order valence-electron chi connectivity index (χ0n) is 19.7. The Balaban J connectivity index is 1.42. The number of rotatable bonds is 8. The standard InChI is InChI=1S/C27H28N4O3/c1-17-25-21(27(32)28-14-13-18-9-12-23(33-2)24(15-18)34-3)16-22(19-10-11-19)29-26(25)31(30-17)20-7-5-4-6-8-20/h4-9,12,15-16,19H,10-11,13-14H2,1-3H3,(H,28,32). The number of pyridine rings is 1. The van der Waals surface area contributed by atoms with E-state index in [9.17, 15) is 4.79 Å². The average molecular weight is 457 g/mol.